The van der Waals surface area contributed by atoms with Crippen LogP contribution >= 0.6 is 0 Å². The summed E-state index contributed by atoms with van der Waals surface area (Å²) in [4.78, 5) is 11.4. The van der Waals surface area contributed by atoms with Crippen molar-refractivity contribution in [2.45, 2.75) is 31.3 Å². The lowest BCUT2D eigenvalue weighted by atomic mass is 9.84. The average Bonchev–Trinajstić information content (AvgIpc) is 2.47. The van der Waals surface area contributed by atoms with Crippen LogP contribution in [-0.4, -0.2) is 31.0 Å². The van der Waals surface area contributed by atoms with Gasteiger partial charge in [-0.25, -0.2) is 4.79 Å². The molecule has 1 unspecified atom stereocenters. The number of benzene rings is 1. The molecule has 0 radical (unpaired) electrons. The van der Waals surface area contributed by atoms with Gasteiger partial charge in [-0.3, -0.25) is 0 Å². The van der Waals surface area contributed by atoms with E-state index in [2.05, 4.69) is 0 Å². The van der Waals surface area contributed by atoms with Crippen molar-refractivity contribution in [1.82, 2.24) is 0 Å². The van der Waals surface area contributed by atoms with E-state index in [1.54, 1.807) is 32.0 Å². The molecule has 1 aliphatic heterocycles. The summed E-state index contributed by atoms with van der Waals surface area (Å²) in [6, 6.07) is 6.33. The van der Waals surface area contributed by atoms with Crippen molar-refractivity contribution in [1.29, 1.82) is 0 Å². The van der Waals surface area contributed by atoms with Crippen molar-refractivity contribution in [3.63, 3.8) is 0 Å². The summed E-state index contributed by atoms with van der Waals surface area (Å²) in [5.41, 5.74) is -0.431. The van der Waals surface area contributed by atoms with Gasteiger partial charge in [0, 0.05) is 31.7 Å². The molecule has 2 aromatic rings. The van der Waals surface area contributed by atoms with Gasteiger partial charge in [0.05, 0.1) is 5.56 Å². The van der Waals surface area contributed by atoms with Crippen molar-refractivity contribution in [2.24, 2.45) is 0 Å². The molecule has 1 aromatic heterocycles. The highest BCUT2D eigenvalue weighted by atomic mass is 16.7. The molecule has 1 atom stereocenters. The Hall–Kier alpha value is -1.89. The monoisotopic (exact) mass is 306 g/mol. The van der Waals surface area contributed by atoms with Crippen LogP contribution in [0.25, 0.3) is 11.0 Å². The zero-order valence-corrected chi connectivity index (χ0v) is 12.9. The first-order valence-electron chi connectivity index (χ1n) is 6.90. The number of fused-ring (bicyclic) bond motifs is 2. The Bertz CT molecular complexity index is 772. The lowest BCUT2D eigenvalue weighted by Crippen LogP contribution is -2.59. The van der Waals surface area contributed by atoms with E-state index in [0.29, 0.717) is 22.3 Å². The topological polar surface area (TPSA) is 78.1 Å². The van der Waals surface area contributed by atoms with E-state index in [1.807, 2.05) is 0 Å². The number of methoxy groups -OCH3 is 2. The maximum Gasteiger partial charge on any atom is 0.336 e. The van der Waals surface area contributed by atoms with Crippen LogP contribution < -0.4 is 10.4 Å². The number of aliphatic hydroxyl groups is 1. The lowest BCUT2D eigenvalue weighted by molar-refractivity contribution is -0.306. The molecule has 0 amide bonds. The second-order valence-electron chi connectivity index (χ2n) is 5.82. The molecular weight excluding hydrogens is 288 g/mol. The molecule has 0 saturated heterocycles. The average molecular weight is 306 g/mol. The standard InChI is InChI=1S/C16H18O6/c1-15(2)14(18)16(19-3,20-4)10-7-9-5-6-13(17)21-11(9)8-12(10)22-15/h5-8,14,18H,1-4H3. The minimum absolute atomic E-state index is 0.402. The summed E-state index contributed by atoms with van der Waals surface area (Å²) in [5, 5.41) is 11.3. The van der Waals surface area contributed by atoms with Crippen LogP contribution in [0.4, 0.5) is 0 Å². The fraction of sp³-hybridized carbons (Fsp3) is 0.438. The van der Waals surface area contributed by atoms with Crippen LogP contribution in [0.5, 0.6) is 5.75 Å². The van der Waals surface area contributed by atoms with Crippen LogP contribution in [0.2, 0.25) is 0 Å². The van der Waals surface area contributed by atoms with Crippen molar-refractivity contribution in [2.75, 3.05) is 14.2 Å². The normalized spacial score (nSPS) is 22.1. The second kappa shape index (κ2) is 4.81. The Morgan fingerprint density at radius 2 is 1.86 bits per heavy atom. The fourth-order valence-electron chi connectivity index (χ4n) is 2.92. The summed E-state index contributed by atoms with van der Waals surface area (Å²) in [6.07, 6.45) is -1.05. The van der Waals surface area contributed by atoms with Gasteiger partial charge >= 0.3 is 5.63 Å². The van der Waals surface area contributed by atoms with Gasteiger partial charge in [-0.15, -0.1) is 0 Å². The number of rotatable bonds is 2. The molecule has 0 saturated carbocycles. The molecule has 1 N–H and O–H groups in total. The van der Waals surface area contributed by atoms with Gasteiger partial charge in [0.25, 0.3) is 0 Å². The predicted octanol–water partition coefficient (Wildman–Crippen LogP) is 1.77. The van der Waals surface area contributed by atoms with Crippen molar-refractivity contribution < 1.29 is 23.7 Å². The van der Waals surface area contributed by atoms with Crippen molar-refractivity contribution in [3.8, 4) is 5.75 Å². The molecule has 0 bridgehead atoms. The molecule has 0 spiro atoms. The minimum atomic E-state index is -1.36. The summed E-state index contributed by atoms with van der Waals surface area (Å²) >= 11 is 0. The van der Waals surface area contributed by atoms with Crippen molar-refractivity contribution in [3.05, 3.63) is 40.2 Å². The van der Waals surface area contributed by atoms with Gasteiger partial charge in [0.1, 0.15) is 16.9 Å². The van der Waals surface area contributed by atoms with Crippen LogP contribution in [0.15, 0.2) is 33.5 Å². The third-order valence-corrected chi connectivity index (χ3v) is 4.09. The number of hydrogen-bond acceptors (Lipinski definition) is 6. The van der Waals surface area contributed by atoms with Gasteiger partial charge in [-0.2, -0.15) is 0 Å². The SMILES string of the molecule is COC1(OC)c2cc3ccc(=O)oc3cc2OC(C)(C)C1O. The first-order valence-corrected chi connectivity index (χ1v) is 6.90. The third-order valence-electron chi connectivity index (χ3n) is 4.09. The van der Waals surface area contributed by atoms with Gasteiger partial charge < -0.3 is 23.7 Å². The van der Waals surface area contributed by atoms with E-state index in [4.69, 9.17) is 18.6 Å². The van der Waals surface area contributed by atoms with Crippen molar-refractivity contribution >= 4 is 11.0 Å². The Morgan fingerprint density at radius 1 is 1.18 bits per heavy atom. The summed E-state index contributed by atoms with van der Waals surface area (Å²) in [7, 11) is 2.93. The summed E-state index contributed by atoms with van der Waals surface area (Å²) < 4.78 is 22.1. The van der Waals surface area contributed by atoms with Gasteiger partial charge in [-0.1, -0.05) is 0 Å². The largest absolute Gasteiger partial charge is 0.484 e. The van der Waals surface area contributed by atoms with E-state index in [-0.39, 0.29) is 0 Å². The fourth-order valence-corrected chi connectivity index (χ4v) is 2.92. The molecule has 2 heterocycles. The molecule has 22 heavy (non-hydrogen) atoms. The minimum Gasteiger partial charge on any atom is -0.484 e. The van der Waals surface area contributed by atoms with E-state index in [1.165, 1.54) is 20.3 Å². The van der Waals surface area contributed by atoms with E-state index in [0.717, 1.165) is 0 Å². The summed E-state index contributed by atoms with van der Waals surface area (Å²) in [6.45, 7) is 3.47. The smallest absolute Gasteiger partial charge is 0.336 e. The van der Waals surface area contributed by atoms with E-state index in [9.17, 15) is 9.90 Å². The Morgan fingerprint density at radius 3 is 2.50 bits per heavy atom. The molecule has 0 fully saturated rings. The second-order valence-corrected chi connectivity index (χ2v) is 5.82. The predicted molar refractivity (Wildman–Crippen MR) is 78.9 cm³/mol. The Labute approximate surface area is 127 Å². The lowest BCUT2D eigenvalue weighted by Gasteiger charge is -2.47. The van der Waals surface area contributed by atoms with Gasteiger partial charge in [-0.05, 0) is 26.0 Å². The number of aliphatic hydroxyl groups excluding tert-OH is 1. The Kier molecular flexibility index (Phi) is 3.28. The summed E-state index contributed by atoms with van der Waals surface area (Å²) in [5.74, 6) is -0.914. The molecular formula is C16H18O6. The van der Waals surface area contributed by atoms with E-state index >= 15 is 0 Å². The van der Waals surface area contributed by atoms with Crippen LogP contribution in [0.1, 0.15) is 19.4 Å². The maximum atomic E-state index is 11.4. The third kappa shape index (κ3) is 1.95. The highest BCUT2D eigenvalue weighted by molar-refractivity contribution is 5.80. The molecule has 118 valence electrons. The highest BCUT2D eigenvalue weighted by Crippen LogP contribution is 2.47. The van der Waals surface area contributed by atoms with Gasteiger partial charge in [0.15, 0.2) is 6.10 Å². The zero-order valence-electron chi connectivity index (χ0n) is 12.9. The Balaban J connectivity index is 2.34. The van der Waals surface area contributed by atoms with Crippen LogP contribution in [0, 0.1) is 0 Å². The molecule has 1 aromatic carbocycles. The molecule has 6 heteroatoms. The first kappa shape index (κ1) is 15.0. The molecule has 1 aliphatic rings. The molecule has 3 rings (SSSR count). The highest BCUT2D eigenvalue weighted by Gasteiger charge is 2.55. The number of ether oxygens (including phenoxy) is 3. The first-order chi connectivity index (χ1) is 10.3. The molecule has 0 aliphatic carbocycles. The maximum absolute atomic E-state index is 11.4. The van der Waals surface area contributed by atoms with Gasteiger partial charge in [0.2, 0.25) is 5.79 Å². The molecule has 6 nitrogen and oxygen atoms in total. The number of hydrogen-bond donors (Lipinski definition) is 1. The van der Waals surface area contributed by atoms with Crippen LogP contribution in [-0.2, 0) is 15.3 Å². The van der Waals surface area contributed by atoms with Crippen LogP contribution in [0.3, 0.4) is 0 Å². The van der Waals surface area contributed by atoms with E-state index < -0.39 is 23.1 Å². The quantitative estimate of drug-likeness (QED) is 0.673. The zero-order chi connectivity index (χ0) is 16.1.